The number of halogens is 1. The molecule has 0 amide bonds. The quantitative estimate of drug-likeness (QED) is 0.607. The maximum absolute atomic E-state index is 13.4. The number of rotatable bonds is 6. The summed E-state index contributed by atoms with van der Waals surface area (Å²) in [6.07, 6.45) is 0.657. The van der Waals surface area contributed by atoms with Gasteiger partial charge < -0.3 is 15.4 Å². The van der Waals surface area contributed by atoms with Gasteiger partial charge in [0.2, 0.25) is 0 Å². The van der Waals surface area contributed by atoms with Crippen LogP contribution >= 0.6 is 0 Å². The molecule has 0 spiro atoms. The van der Waals surface area contributed by atoms with Crippen LogP contribution in [-0.4, -0.2) is 33.2 Å². The van der Waals surface area contributed by atoms with Crippen molar-refractivity contribution < 1.29 is 9.50 Å². The monoisotopic (exact) mass is 326 g/mol. The Bertz CT molecular complexity index is 831. The summed E-state index contributed by atoms with van der Waals surface area (Å²) in [6.45, 7) is 2.61. The topological polar surface area (TPSA) is 73.8 Å². The van der Waals surface area contributed by atoms with Gasteiger partial charge in [0.15, 0.2) is 0 Å². The molecule has 124 valence electrons. The van der Waals surface area contributed by atoms with Gasteiger partial charge in [-0.15, -0.1) is 0 Å². The molecule has 6 heteroatoms. The molecule has 0 aliphatic carbocycles. The molecule has 1 aromatic carbocycles. The number of H-pyrrole nitrogens is 1. The average Bonchev–Trinajstić information content (AvgIpc) is 3.05. The first-order chi connectivity index (χ1) is 11.7. The molecule has 3 aromatic rings. The van der Waals surface area contributed by atoms with E-state index in [1.807, 2.05) is 31.2 Å². The Morgan fingerprint density at radius 2 is 1.96 bits per heavy atom. The Kier molecular flexibility index (Phi) is 4.86. The Balaban J connectivity index is 1.87. The van der Waals surface area contributed by atoms with Crippen molar-refractivity contribution in [1.82, 2.24) is 15.0 Å². The first kappa shape index (κ1) is 16.1. The van der Waals surface area contributed by atoms with E-state index in [2.05, 4.69) is 20.3 Å². The van der Waals surface area contributed by atoms with E-state index in [4.69, 9.17) is 5.11 Å². The SMILES string of the molecule is Cc1nc(NCCCO)cc(-c2ccc(-c3cccc(F)c3)[nH]2)n1. The average molecular weight is 326 g/mol. The fraction of sp³-hybridized carbons (Fsp3) is 0.222. The lowest BCUT2D eigenvalue weighted by molar-refractivity contribution is 0.292. The van der Waals surface area contributed by atoms with Gasteiger partial charge in [-0.3, -0.25) is 0 Å². The van der Waals surface area contributed by atoms with Crippen LogP contribution in [0.5, 0.6) is 0 Å². The summed E-state index contributed by atoms with van der Waals surface area (Å²) in [6, 6.07) is 12.1. The van der Waals surface area contributed by atoms with Crippen molar-refractivity contribution in [3.8, 4) is 22.6 Å². The number of nitrogens with zero attached hydrogens (tertiary/aromatic N) is 2. The number of hydrogen-bond acceptors (Lipinski definition) is 4. The van der Waals surface area contributed by atoms with E-state index >= 15 is 0 Å². The van der Waals surface area contributed by atoms with Crippen molar-refractivity contribution in [2.45, 2.75) is 13.3 Å². The van der Waals surface area contributed by atoms with Gasteiger partial charge in [0, 0.05) is 30.5 Å². The van der Waals surface area contributed by atoms with Crippen molar-refractivity contribution in [2.75, 3.05) is 18.5 Å². The third-order valence-corrected chi connectivity index (χ3v) is 3.58. The fourth-order valence-corrected chi connectivity index (χ4v) is 2.46. The predicted molar refractivity (Wildman–Crippen MR) is 92.1 cm³/mol. The van der Waals surface area contributed by atoms with Crippen molar-refractivity contribution in [3.05, 3.63) is 54.1 Å². The number of aromatic nitrogens is 3. The van der Waals surface area contributed by atoms with Crippen LogP contribution in [0, 0.1) is 12.7 Å². The van der Waals surface area contributed by atoms with Gasteiger partial charge in [-0.1, -0.05) is 12.1 Å². The Labute approximate surface area is 139 Å². The zero-order chi connectivity index (χ0) is 16.9. The lowest BCUT2D eigenvalue weighted by Gasteiger charge is -2.07. The van der Waals surface area contributed by atoms with Gasteiger partial charge in [0.1, 0.15) is 17.5 Å². The van der Waals surface area contributed by atoms with E-state index in [0.717, 1.165) is 22.6 Å². The number of hydrogen-bond donors (Lipinski definition) is 3. The molecule has 2 aromatic heterocycles. The van der Waals surface area contributed by atoms with Crippen molar-refractivity contribution in [1.29, 1.82) is 0 Å². The van der Waals surface area contributed by atoms with Gasteiger partial charge >= 0.3 is 0 Å². The molecular weight excluding hydrogens is 307 g/mol. The maximum atomic E-state index is 13.4. The molecule has 0 unspecified atom stereocenters. The van der Waals surface area contributed by atoms with E-state index in [1.165, 1.54) is 12.1 Å². The van der Waals surface area contributed by atoms with Gasteiger partial charge in [-0.2, -0.15) is 0 Å². The second-order valence-electron chi connectivity index (χ2n) is 5.49. The summed E-state index contributed by atoms with van der Waals surface area (Å²) in [7, 11) is 0. The van der Waals surface area contributed by atoms with Gasteiger partial charge in [0.05, 0.1) is 11.4 Å². The smallest absolute Gasteiger partial charge is 0.130 e. The van der Waals surface area contributed by atoms with Crippen LogP contribution in [0.4, 0.5) is 10.2 Å². The van der Waals surface area contributed by atoms with E-state index in [9.17, 15) is 4.39 Å². The van der Waals surface area contributed by atoms with Crippen molar-refractivity contribution >= 4 is 5.82 Å². The van der Waals surface area contributed by atoms with Crippen LogP contribution in [0.3, 0.4) is 0 Å². The predicted octanol–water partition coefficient (Wildman–Crippen LogP) is 3.38. The van der Waals surface area contributed by atoms with Crippen LogP contribution in [0.1, 0.15) is 12.2 Å². The van der Waals surface area contributed by atoms with Crippen molar-refractivity contribution in [2.24, 2.45) is 0 Å². The van der Waals surface area contributed by atoms with E-state index in [0.29, 0.717) is 24.6 Å². The highest BCUT2D eigenvalue weighted by Gasteiger charge is 2.08. The minimum atomic E-state index is -0.267. The molecule has 3 rings (SSSR count). The molecule has 0 saturated carbocycles. The first-order valence-electron chi connectivity index (χ1n) is 7.81. The number of aryl methyl sites for hydroxylation is 1. The van der Waals surface area contributed by atoms with E-state index in [-0.39, 0.29) is 12.4 Å². The first-order valence-corrected chi connectivity index (χ1v) is 7.81. The third kappa shape index (κ3) is 3.78. The molecule has 0 aliphatic rings. The van der Waals surface area contributed by atoms with Gasteiger partial charge in [-0.25, -0.2) is 14.4 Å². The Hall–Kier alpha value is -2.73. The molecule has 0 fully saturated rings. The highest BCUT2D eigenvalue weighted by Crippen LogP contribution is 2.25. The molecule has 5 nitrogen and oxygen atoms in total. The van der Waals surface area contributed by atoms with Crippen LogP contribution < -0.4 is 5.32 Å². The van der Waals surface area contributed by atoms with Crippen LogP contribution in [-0.2, 0) is 0 Å². The minimum absolute atomic E-state index is 0.136. The Morgan fingerprint density at radius 3 is 2.75 bits per heavy atom. The second kappa shape index (κ2) is 7.23. The lowest BCUT2D eigenvalue weighted by atomic mass is 10.1. The molecule has 0 radical (unpaired) electrons. The number of benzene rings is 1. The van der Waals surface area contributed by atoms with E-state index < -0.39 is 0 Å². The van der Waals surface area contributed by atoms with Gasteiger partial charge in [-0.05, 0) is 37.6 Å². The summed E-state index contributed by atoms with van der Waals surface area (Å²) in [5.74, 6) is 1.10. The summed E-state index contributed by atoms with van der Waals surface area (Å²) in [5.41, 5.74) is 3.21. The number of aliphatic hydroxyl groups excluding tert-OH is 1. The van der Waals surface area contributed by atoms with Crippen molar-refractivity contribution in [3.63, 3.8) is 0 Å². The molecule has 3 N–H and O–H groups in total. The summed E-state index contributed by atoms with van der Waals surface area (Å²) in [4.78, 5) is 12.1. The largest absolute Gasteiger partial charge is 0.396 e. The molecule has 0 bridgehead atoms. The Morgan fingerprint density at radius 1 is 1.12 bits per heavy atom. The summed E-state index contributed by atoms with van der Waals surface area (Å²) in [5, 5.41) is 12.0. The molecule has 0 saturated heterocycles. The molecule has 0 aliphatic heterocycles. The highest BCUT2D eigenvalue weighted by molar-refractivity contribution is 5.67. The number of nitrogens with one attached hydrogen (secondary N) is 2. The molecular formula is C18H19FN4O. The third-order valence-electron chi connectivity index (χ3n) is 3.58. The normalized spacial score (nSPS) is 10.8. The van der Waals surface area contributed by atoms with E-state index in [1.54, 1.807) is 6.07 Å². The molecule has 0 atom stereocenters. The highest BCUT2D eigenvalue weighted by atomic mass is 19.1. The number of aromatic amines is 1. The standard InChI is InChI=1S/C18H19FN4O/c1-12-21-17(11-18(22-12)20-8-3-9-24)16-7-6-15(23-16)13-4-2-5-14(19)10-13/h2,4-7,10-11,23-24H,3,8-9H2,1H3,(H,20,21,22). The van der Waals surface area contributed by atoms with Gasteiger partial charge in [0.25, 0.3) is 0 Å². The fourth-order valence-electron chi connectivity index (χ4n) is 2.46. The number of aliphatic hydroxyl groups is 1. The van der Waals surface area contributed by atoms with Crippen LogP contribution in [0.2, 0.25) is 0 Å². The zero-order valence-electron chi connectivity index (χ0n) is 13.4. The lowest BCUT2D eigenvalue weighted by Crippen LogP contribution is -2.06. The zero-order valence-corrected chi connectivity index (χ0v) is 13.4. The molecule has 2 heterocycles. The number of anilines is 1. The maximum Gasteiger partial charge on any atom is 0.130 e. The second-order valence-corrected chi connectivity index (χ2v) is 5.49. The summed E-state index contributed by atoms with van der Waals surface area (Å²) >= 11 is 0. The minimum Gasteiger partial charge on any atom is -0.396 e. The van der Waals surface area contributed by atoms with Crippen LogP contribution in [0.25, 0.3) is 22.6 Å². The van der Waals surface area contributed by atoms with Crippen LogP contribution in [0.15, 0.2) is 42.5 Å². The molecule has 24 heavy (non-hydrogen) atoms. The summed E-state index contributed by atoms with van der Waals surface area (Å²) < 4.78 is 13.4.